The number of carbonyl (C=O) groups is 1. The maximum atomic E-state index is 11.1. The number of fused-ring (bicyclic) bond motifs is 1. The van der Waals surface area contributed by atoms with E-state index in [1.54, 1.807) is 0 Å². The first-order valence-electron chi connectivity index (χ1n) is 7.61. The molecule has 2 atom stereocenters. The van der Waals surface area contributed by atoms with Gasteiger partial charge in [-0.3, -0.25) is 4.79 Å². The predicted molar refractivity (Wildman–Crippen MR) is 82.8 cm³/mol. The second-order valence-electron chi connectivity index (χ2n) is 6.51. The smallest absolute Gasteiger partial charge is 0.293 e. The Kier molecular flexibility index (Phi) is 3.72. The molecule has 4 nitrogen and oxygen atoms in total. The molecule has 0 radical (unpaired) electrons. The number of rotatable bonds is 4. The number of likely N-dealkylation sites (tertiary alicyclic amines) is 1. The van der Waals surface area contributed by atoms with Gasteiger partial charge in [0.2, 0.25) is 0 Å². The van der Waals surface area contributed by atoms with Gasteiger partial charge in [0.25, 0.3) is 6.47 Å². The van der Waals surface area contributed by atoms with E-state index in [-0.39, 0.29) is 6.10 Å². The fourth-order valence-electron chi connectivity index (χ4n) is 3.67. The van der Waals surface area contributed by atoms with E-state index in [1.165, 1.54) is 12.8 Å². The molecule has 1 N–H and O–H groups in total. The van der Waals surface area contributed by atoms with E-state index in [4.69, 9.17) is 4.74 Å². The topological polar surface area (TPSA) is 42.1 Å². The Balaban J connectivity index is 2.03. The van der Waals surface area contributed by atoms with Gasteiger partial charge in [0.05, 0.1) is 20.6 Å². The zero-order valence-corrected chi connectivity index (χ0v) is 12.7. The van der Waals surface area contributed by atoms with Gasteiger partial charge in [-0.15, -0.1) is 0 Å². The quantitative estimate of drug-likeness (QED) is 0.694. The van der Waals surface area contributed by atoms with Crippen molar-refractivity contribution in [3.63, 3.8) is 0 Å². The van der Waals surface area contributed by atoms with Crippen LogP contribution in [0.4, 0.5) is 0 Å². The van der Waals surface area contributed by atoms with Crippen molar-refractivity contribution in [3.05, 3.63) is 36.0 Å². The monoisotopic (exact) mass is 287 g/mol. The highest BCUT2D eigenvalue weighted by molar-refractivity contribution is 5.83. The summed E-state index contributed by atoms with van der Waals surface area (Å²) in [5.41, 5.74) is 2.18. The van der Waals surface area contributed by atoms with Crippen molar-refractivity contribution in [3.8, 4) is 0 Å². The number of benzene rings is 1. The van der Waals surface area contributed by atoms with E-state index in [0.717, 1.165) is 33.9 Å². The van der Waals surface area contributed by atoms with Crippen molar-refractivity contribution in [2.24, 2.45) is 0 Å². The highest BCUT2D eigenvalue weighted by Crippen LogP contribution is 2.36. The number of hydrogen-bond donors (Lipinski definition) is 1. The molecular formula is C17H23N2O2+. The maximum absolute atomic E-state index is 11.1. The van der Waals surface area contributed by atoms with Crippen LogP contribution in [0.1, 0.15) is 30.9 Å². The van der Waals surface area contributed by atoms with E-state index in [2.05, 4.69) is 31.2 Å². The molecule has 4 heteroatoms. The third-order valence-electron chi connectivity index (χ3n) is 4.86. The molecule has 21 heavy (non-hydrogen) atoms. The number of quaternary nitrogens is 1. The zero-order chi connectivity index (χ0) is 14.9. The molecule has 0 amide bonds. The number of carbonyl (C=O) groups excluding carboxylic acids is 1. The molecule has 2 unspecified atom stereocenters. The average molecular weight is 287 g/mol. The van der Waals surface area contributed by atoms with E-state index >= 15 is 0 Å². The summed E-state index contributed by atoms with van der Waals surface area (Å²) in [6.07, 6.45) is 5.34. The molecule has 112 valence electrons. The number of H-pyrrole nitrogens is 1. The summed E-state index contributed by atoms with van der Waals surface area (Å²) in [5, 5.41) is 1.15. The molecule has 1 aliphatic heterocycles. The number of para-hydroxylation sites is 1. The Labute approximate surface area is 125 Å². The third-order valence-corrected chi connectivity index (χ3v) is 4.86. The van der Waals surface area contributed by atoms with Gasteiger partial charge in [0, 0.05) is 29.1 Å². The number of aromatic amines is 1. The van der Waals surface area contributed by atoms with Gasteiger partial charge in [-0.25, -0.2) is 0 Å². The first-order chi connectivity index (χ1) is 10.1. The lowest BCUT2D eigenvalue weighted by molar-refractivity contribution is -0.924. The second kappa shape index (κ2) is 5.53. The number of ether oxygens (including phenoxy) is 1. The number of aromatic nitrogens is 1. The van der Waals surface area contributed by atoms with Crippen molar-refractivity contribution in [2.45, 2.75) is 31.4 Å². The Morgan fingerprint density at radius 3 is 2.90 bits per heavy atom. The van der Waals surface area contributed by atoms with Crippen molar-refractivity contribution in [1.82, 2.24) is 4.98 Å². The SMILES string of the molecule is C[N+]1(C)CCCCC1C(OC=O)c1c[nH]c2ccccc12. The molecule has 1 aliphatic rings. The first-order valence-corrected chi connectivity index (χ1v) is 7.61. The third kappa shape index (κ3) is 2.56. The molecule has 1 aromatic carbocycles. The van der Waals surface area contributed by atoms with Crippen molar-refractivity contribution in [2.75, 3.05) is 20.6 Å². The Morgan fingerprint density at radius 2 is 2.14 bits per heavy atom. The van der Waals surface area contributed by atoms with Crippen LogP contribution in [0.2, 0.25) is 0 Å². The number of nitrogens with one attached hydrogen (secondary N) is 1. The van der Waals surface area contributed by atoms with Crippen LogP contribution in [0, 0.1) is 0 Å². The molecule has 2 heterocycles. The van der Waals surface area contributed by atoms with Crippen LogP contribution >= 0.6 is 0 Å². The summed E-state index contributed by atoms with van der Waals surface area (Å²) in [4.78, 5) is 14.4. The van der Waals surface area contributed by atoms with Crippen LogP contribution in [0.15, 0.2) is 30.5 Å². The molecule has 0 bridgehead atoms. The van der Waals surface area contributed by atoms with Crippen LogP contribution in [0.3, 0.4) is 0 Å². The van der Waals surface area contributed by atoms with Gasteiger partial charge in [0.15, 0.2) is 6.10 Å². The van der Waals surface area contributed by atoms with Gasteiger partial charge in [-0.1, -0.05) is 18.2 Å². The Bertz CT molecular complexity index is 633. The zero-order valence-electron chi connectivity index (χ0n) is 12.7. The summed E-state index contributed by atoms with van der Waals surface area (Å²) >= 11 is 0. The summed E-state index contributed by atoms with van der Waals surface area (Å²) in [6, 6.07) is 8.49. The molecule has 2 aromatic rings. The van der Waals surface area contributed by atoms with Crippen molar-refractivity contribution in [1.29, 1.82) is 0 Å². The van der Waals surface area contributed by atoms with Crippen LogP contribution < -0.4 is 0 Å². The van der Waals surface area contributed by atoms with E-state index in [0.29, 0.717) is 12.5 Å². The van der Waals surface area contributed by atoms with Gasteiger partial charge >= 0.3 is 0 Å². The number of likely N-dealkylation sites (N-methyl/N-ethyl adjacent to an activating group) is 1. The second-order valence-corrected chi connectivity index (χ2v) is 6.51. The van der Waals surface area contributed by atoms with E-state index < -0.39 is 0 Å². The number of hydrogen-bond acceptors (Lipinski definition) is 2. The lowest BCUT2D eigenvalue weighted by Gasteiger charge is -2.44. The maximum Gasteiger partial charge on any atom is 0.293 e. The molecular weight excluding hydrogens is 264 g/mol. The highest BCUT2D eigenvalue weighted by atomic mass is 16.5. The molecule has 0 spiro atoms. The normalized spacial score (nSPS) is 22.9. The molecule has 3 rings (SSSR count). The van der Waals surface area contributed by atoms with Gasteiger partial charge in [0.1, 0.15) is 6.04 Å². The lowest BCUT2D eigenvalue weighted by atomic mass is 9.91. The van der Waals surface area contributed by atoms with Gasteiger partial charge < -0.3 is 14.2 Å². The van der Waals surface area contributed by atoms with Crippen LogP contribution in [0.5, 0.6) is 0 Å². The van der Waals surface area contributed by atoms with E-state index in [1.807, 2.05) is 18.3 Å². The summed E-state index contributed by atoms with van der Waals surface area (Å²) in [7, 11) is 4.47. The Hall–Kier alpha value is -1.81. The van der Waals surface area contributed by atoms with Crippen LogP contribution in [-0.2, 0) is 9.53 Å². The Morgan fingerprint density at radius 1 is 1.33 bits per heavy atom. The lowest BCUT2D eigenvalue weighted by Crippen LogP contribution is -2.54. The number of nitrogens with zero attached hydrogens (tertiary/aromatic N) is 1. The van der Waals surface area contributed by atoms with Crippen molar-refractivity contribution < 1.29 is 14.0 Å². The van der Waals surface area contributed by atoms with Crippen molar-refractivity contribution >= 4 is 17.4 Å². The summed E-state index contributed by atoms with van der Waals surface area (Å²) < 4.78 is 6.45. The molecule has 0 saturated carbocycles. The minimum Gasteiger partial charge on any atom is -0.453 e. The predicted octanol–water partition coefficient (Wildman–Crippen LogP) is 3.01. The standard InChI is InChI=1S/C17H23N2O2/c1-19(2)10-6-5-9-16(19)17(21-12-20)14-11-18-15-8-4-3-7-13(14)15/h3-4,7-8,11-12,16-18H,5-6,9-10H2,1-2H3/q+1. The van der Waals surface area contributed by atoms with Gasteiger partial charge in [-0.05, 0) is 18.9 Å². The fourth-order valence-corrected chi connectivity index (χ4v) is 3.67. The fraction of sp³-hybridized carbons (Fsp3) is 0.471. The highest BCUT2D eigenvalue weighted by Gasteiger charge is 2.40. The molecule has 1 saturated heterocycles. The summed E-state index contributed by atoms with van der Waals surface area (Å²) in [5.74, 6) is 0. The minimum atomic E-state index is -0.186. The first kappa shape index (κ1) is 14.1. The number of piperidine rings is 1. The summed E-state index contributed by atoms with van der Waals surface area (Å²) in [6.45, 7) is 1.73. The van der Waals surface area contributed by atoms with Gasteiger partial charge in [-0.2, -0.15) is 0 Å². The minimum absolute atomic E-state index is 0.186. The average Bonchev–Trinajstić information content (AvgIpc) is 2.89. The van der Waals surface area contributed by atoms with Crippen LogP contribution in [-0.4, -0.2) is 42.6 Å². The molecule has 1 fully saturated rings. The van der Waals surface area contributed by atoms with E-state index in [9.17, 15) is 4.79 Å². The van der Waals surface area contributed by atoms with Crippen LogP contribution in [0.25, 0.3) is 10.9 Å². The largest absolute Gasteiger partial charge is 0.453 e. The molecule has 1 aromatic heterocycles. The molecule has 0 aliphatic carbocycles.